The molecule has 1 aliphatic carbocycles. The van der Waals surface area contributed by atoms with Gasteiger partial charge in [0.1, 0.15) is 0 Å². The Kier molecular flexibility index (Phi) is 4.94. The molecule has 1 aromatic carbocycles. The van der Waals surface area contributed by atoms with Crippen LogP contribution in [0.2, 0.25) is 10.0 Å². The molecule has 104 valence electrons. The molecule has 0 aromatic heterocycles. The summed E-state index contributed by atoms with van der Waals surface area (Å²) < 4.78 is 0. The fraction of sp³-hybridized carbons (Fsp3) is 0.500. The Morgan fingerprint density at radius 3 is 2.53 bits per heavy atom. The predicted octanol–water partition coefficient (Wildman–Crippen LogP) is 4.89. The van der Waals surface area contributed by atoms with E-state index in [4.69, 9.17) is 23.2 Å². The van der Waals surface area contributed by atoms with Gasteiger partial charge in [0.2, 0.25) is 0 Å². The third-order valence-corrected chi connectivity index (χ3v) is 4.56. The number of halogens is 2. The van der Waals surface area contributed by atoms with Crippen LogP contribution in [0.15, 0.2) is 29.8 Å². The highest BCUT2D eigenvalue weighted by Gasteiger charge is 2.26. The number of allylic oxidation sites excluding steroid dienone is 2. The van der Waals surface area contributed by atoms with Gasteiger partial charge in [0.05, 0.1) is 6.10 Å². The Bertz CT molecular complexity index is 461. The van der Waals surface area contributed by atoms with Crippen molar-refractivity contribution in [2.75, 3.05) is 0 Å². The first-order chi connectivity index (χ1) is 8.97. The molecule has 3 heteroatoms. The molecule has 0 fully saturated rings. The van der Waals surface area contributed by atoms with Crippen LogP contribution < -0.4 is 0 Å². The van der Waals surface area contributed by atoms with E-state index in [9.17, 15) is 5.11 Å². The summed E-state index contributed by atoms with van der Waals surface area (Å²) in [4.78, 5) is 0. The Labute approximate surface area is 125 Å². The molecule has 19 heavy (non-hydrogen) atoms. The zero-order valence-corrected chi connectivity index (χ0v) is 12.9. The maximum Gasteiger partial charge on any atom is 0.0613 e. The summed E-state index contributed by atoms with van der Waals surface area (Å²) in [7, 11) is 0. The van der Waals surface area contributed by atoms with Crippen LogP contribution in [0.25, 0.3) is 0 Å². The van der Waals surface area contributed by atoms with E-state index in [1.165, 1.54) is 5.57 Å². The van der Waals surface area contributed by atoms with Crippen molar-refractivity contribution in [3.05, 3.63) is 45.5 Å². The SMILES string of the molecule is CC1=CC(C)CC(C(O)Cc2c(Cl)cccc2Cl)C1. The lowest BCUT2D eigenvalue weighted by Gasteiger charge is -2.29. The smallest absolute Gasteiger partial charge is 0.0613 e. The zero-order chi connectivity index (χ0) is 14.0. The standard InChI is InChI=1S/C16H20Cl2O/c1-10-6-11(2)8-12(7-10)16(19)9-13-14(17)4-3-5-15(13)18/h3-6,10,12,16,19H,7-9H2,1-2H3. The van der Waals surface area contributed by atoms with Gasteiger partial charge in [0.15, 0.2) is 0 Å². The lowest BCUT2D eigenvalue weighted by atomic mass is 9.79. The second-order valence-corrected chi connectivity index (χ2v) is 6.48. The normalized spacial score (nSPS) is 25.0. The van der Waals surface area contributed by atoms with Crippen molar-refractivity contribution in [1.82, 2.24) is 0 Å². The average molecular weight is 299 g/mol. The molecule has 1 aliphatic rings. The largest absolute Gasteiger partial charge is 0.392 e. The summed E-state index contributed by atoms with van der Waals surface area (Å²) in [6, 6.07) is 5.48. The third kappa shape index (κ3) is 3.75. The zero-order valence-electron chi connectivity index (χ0n) is 11.4. The van der Waals surface area contributed by atoms with Gasteiger partial charge in [-0.1, -0.05) is 47.8 Å². The number of aliphatic hydroxyl groups excluding tert-OH is 1. The first kappa shape index (κ1) is 14.9. The van der Waals surface area contributed by atoms with E-state index >= 15 is 0 Å². The van der Waals surface area contributed by atoms with Crippen LogP contribution in [0.1, 0.15) is 32.3 Å². The van der Waals surface area contributed by atoms with E-state index in [1.54, 1.807) is 0 Å². The Morgan fingerprint density at radius 2 is 1.95 bits per heavy atom. The van der Waals surface area contributed by atoms with Crippen LogP contribution in [0.3, 0.4) is 0 Å². The van der Waals surface area contributed by atoms with Crippen molar-refractivity contribution >= 4 is 23.2 Å². The Morgan fingerprint density at radius 1 is 1.32 bits per heavy atom. The quantitative estimate of drug-likeness (QED) is 0.788. The minimum atomic E-state index is -0.386. The van der Waals surface area contributed by atoms with Crippen molar-refractivity contribution < 1.29 is 5.11 Å². The van der Waals surface area contributed by atoms with Crippen LogP contribution in [-0.4, -0.2) is 11.2 Å². The van der Waals surface area contributed by atoms with Crippen LogP contribution >= 0.6 is 23.2 Å². The molecule has 1 nitrogen and oxygen atoms in total. The van der Waals surface area contributed by atoms with Crippen LogP contribution in [0.4, 0.5) is 0 Å². The molecule has 1 aromatic rings. The van der Waals surface area contributed by atoms with Gasteiger partial charge in [-0.3, -0.25) is 0 Å². The highest BCUT2D eigenvalue weighted by atomic mass is 35.5. The average Bonchev–Trinajstić information content (AvgIpc) is 2.32. The first-order valence-corrected chi connectivity index (χ1v) is 7.51. The predicted molar refractivity (Wildman–Crippen MR) is 81.8 cm³/mol. The van der Waals surface area contributed by atoms with E-state index < -0.39 is 0 Å². The number of hydrogen-bond donors (Lipinski definition) is 1. The van der Waals surface area contributed by atoms with Crippen molar-refractivity contribution in [1.29, 1.82) is 0 Å². The maximum atomic E-state index is 10.5. The van der Waals surface area contributed by atoms with Gasteiger partial charge in [0, 0.05) is 16.5 Å². The summed E-state index contributed by atoms with van der Waals surface area (Å²) >= 11 is 12.3. The molecule has 0 bridgehead atoms. The highest BCUT2D eigenvalue weighted by Crippen LogP contribution is 2.33. The van der Waals surface area contributed by atoms with Gasteiger partial charge < -0.3 is 5.11 Å². The molecular formula is C16H20Cl2O. The molecule has 0 radical (unpaired) electrons. The summed E-state index contributed by atoms with van der Waals surface area (Å²) in [5, 5.41) is 11.8. The molecule has 0 saturated carbocycles. The van der Waals surface area contributed by atoms with Crippen LogP contribution in [0.5, 0.6) is 0 Å². The lowest BCUT2D eigenvalue weighted by molar-refractivity contribution is 0.0933. The lowest BCUT2D eigenvalue weighted by Crippen LogP contribution is -2.27. The van der Waals surface area contributed by atoms with Crippen molar-refractivity contribution in [3.8, 4) is 0 Å². The molecule has 3 unspecified atom stereocenters. The van der Waals surface area contributed by atoms with E-state index in [1.807, 2.05) is 18.2 Å². The van der Waals surface area contributed by atoms with E-state index in [2.05, 4.69) is 19.9 Å². The number of hydrogen-bond acceptors (Lipinski definition) is 1. The number of benzene rings is 1. The van der Waals surface area contributed by atoms with Crippen molar-refractivity contribution in [3.63, 3.8) is 0 Å². The molecule has 2 rings (SSSR count). The Hall–Kier alpha value is -0.500. The highest BCUT2D eigenvalue weighted by molar-refractivity contribution is 6.35. The topological polar surface area (TPSA) is 20.2 Å². The second-order valence-electron chi connectivity index (χ2n) is 5.66. The van der Waals surface area contributed by atoms with Crippen molar-refractivity contribution in [2.45, 2.75) is 39.2 Å². The van der Waals surface area contributed by atoms with E-state index in [0.29, 0.717) is 28.3 Å². The van der Waals surface area contributed by atoms with Crippen molar-refractivity contribution in [2.24, 2.45) is 11.8 Å². The van der Waals surface area contributed by atoms with Gasteiger partial charge in [0.25, 0.3) is 0 Å². The number of rotatable bonds is 3. The fourth-order valence-corrected chi connectivity index (χ4v) is 3.54. The minimum absolute atomic E-state index is 0.298. The minimum Gasteiger partial charge on any atom is -0.392 e. The molecule has 0 amide bonds. The van der Waals surface area contributed by atoms with Crippen LogP contribution in [0, 0.1) is 11.8 Å². The monoisotopic (exact) mass is 298 g/mol. The maximum absolute atomic E-state index is 10.5. The first-order valence-electron chi connectivity index (χ1n) is 6.75. The molecule has 3 atom stereocenters. The summed E-state index contributed by atoms with van der Waals surface area (Å²) in [5.74, 6) is 0.836. The summed E-state index contributed by atoms with van der Waals surface area (Å²) in [6.07, 6.45) is 4.44. The van der Waals surface area contributed by atoms with Crippen LogP contribution in [-0.2, 0) is 6.42 Å². The van der Waals surface area contributed by atoms with E-state index in [-0.39, 0.29) is 6.10 Å². The molecular weight excluding hydrogens is 279 g/mol. The molecule has 0 spiro atoms. The second kappa shape index (κ2) is 6.30. The van der Waals surface area contributed by atoms with E-state index in [0.717, 1.165) is 18.4 Å². The summed E-state index contributed by atoms with van der Waals surface area (Å²) in [6.45, 7) is 4.34. The molecule has 0 heterocycles. The van der Waals surface area contributed by atoms with Gasteiger partial charge in [-0.2, -0.15) is 0 Å². The molecule has 0 aliphatic heterocycles. The Balaban J connectivity index is 2.09. The summed E-state index contributed by atoms with van der Waals surface area (Å²) in [5.41, 5.74) is 2.23. The van der Waals surface area contributed by atoms with Gasteiger partial charge in [-0.05, 0) is 49.3 Å². The van der Waals surface area contributed by atoms with Gasteiger partial charge in [-0.15, -0.1) is 0 Å². The fourth-order valence-electron chi connectivity index (χ4n) is 2.99. The van der Waals surface area contributed by atoms with Gasteiger partial charge >= 0.3 is 0 Å². The molecule has 1 N–H and O–H groups in total. The van der Waals surface area contributed by atoms with Gasteiger partial charge in [-0.25, -0.2) is 0 Å². The number of aliphatic hydroxyl groups is 1. The molecule has 0 saturated heterocycles. The third-order valence-electron chi connectivity index (χ3n) is 3.85.